The topological polar surface area (TPSA) is 89.8 Å². The summed E-state index contributed by atoms with van der Waals surface area (Å²) >= 11 is 6.12. The Hall–Kier alpha value is -4.93. The second-order valence-corrected chi connectivity index (χ2v) is 9.20. The lowest BCUT2D eigenvalue weighted by molar-refractivity contribution is -0.112. The van der Waals surface area contributed by atoms with E-state index in [0.29, 0.717) is 52.5 Å². The Bertz CT molecular complexity index is 1560. The van der Waals surface area contributed by atoms with E-state index in [-0.39, 0.29) is 12.2 Å². The van der Waals surface area contributed by atoms with Crippen molar-refractivity contribution in [3.05, 3.63) is 118 Å². The number of nitrogens with one attached hydrogen (secondary N) is 1. The number of carbonyl (C=O) groups excluding carboxylic acids is 1. The third-order valence-electron chi connectivity index (χ3n) is 5.93. The Balaban J connectivity index is 1.45. The molecule has 4 rings (SSSR count). The van der Waals surface area contributed by atoms with Crippen LogP contribution in [0.15, 0.2) is 96.6 Å². The summed E-state index contributed by atoms with van der Waals surface area (Å²) in [4.78, 5) is 12.7. The molecule has 0 fully saturated rings. The van der Waals surface area contributed by atoms with Gasteiger partial charge in [-0.2, -0.15) is 5.26 Å². The van der Waals surface area contributed by atoms with Crippen LogP contribution in [0.4, 0.5) is 5.69 Å². The number of methoxy groups -OCH3 is 1. The van der Waals surface area contributed by atoms with Gasteiger partial charge in [-0.05, 0) is 66.1 Å². The third kappa shape index (κ3) is 8.04. The van der Waals surface area contributed by atoms with Crippen molar-refractivity contribution >= 4 is 29.3 Å². The van der Waals surface area contributed by atoms with Crippen LogP contribution in [0, 0.1) is 11.3 Å². The molecule has 1 N–H and O–H groups in total. The number of anilines is 1. The first-order valence-electron chi connectivity index (χ1n) is 12.9. The summed E-state index contributed by atoms with van der Waals surface area (Å²) in [7, 11) is 1.60. The van der Waals surface area contributed by atoms with Crippen LogP contribution in [0.25, 0.3) is 6.08 Å². The monoisotopic (exact) mass is 568 g/mol. The zero-order valence-electron chi connectivity index (χ0n) is 22.7. The van der Waals surface area contributed by atoms with Crippen molar-refractivity contribution < 1.29 is 23.7 Å². The first kappa shape index (κ1) is 29.1. The molecule has 7 nitrogen and oxygen atoms in total. The molecule has 0 spiro atoms. The Morgan fingerprint density at radius 3 is 2.22 bits per heavy atom. The number of carbonyl (C=O) groups is 1. The van der Waals surface area contributed by atoms with Crippen LogP contribution in [0.1, 0.15) is 23.6 Å². The van der Waals surface area contributed by atoms with Gasteiger partial charge in [0.05, 0.1) is 24.4 Å². The molecule has 1 amide bonds. The molecule has 0 aliphatic carbocycles. The SMILES string of the molecule is CCOc1cc(/C=C(\C#N)C(=O)Nc2ccccc2Cl)ccc1OCc1ccc(OCc2ccccc2)c(OC)c1. The maximum Gasteiger partial charge on any atom is 0.266 e. The van der Waals surface area contributed by atoms with Crippen molar-refractivity contribution in [2.45, 2.75) is 20.1 Å². The van der Waals surface area contributed by atoms with Gasteiger partial charge in [0.25, 0.3) is 5.91 Å². The average Bonchev–Trinajstić information content (AvgIpc) is 3.00. The molecule has 41 heavy (non-hydrogen) atoms. The molecule has 0 aliphatic rings. The highest BCUT2D eigenvalue weighted by Crippen LogP contribution is 2.32. The third-order valence-corrected chi connectivity index (χ3v) is 6.25. The molecule has 4 aromatic carbocycles. The van der Waals surface area contributed by atoms with E-state index in [0.717, 1.165) is 11.1 Å². The molecular weight excluding hydrogens is 540 g/mol. The van der Waals surface area contributed by atoms with E-state index in [9.17, 15) is 10.1 Å². The minimum atomic E-state index is -0.566. The van der Waals surface area contributed by atoms with Crippen LogP contribution in [0.2, 0.25) is 5.02 Å². The molecule has 0 unspecified atom stereocenters. The Kier molecular flexibility index (Phi) is 10.2. The standard InChI is InChI=1S/C33H29ClN2O5/c1-3-39-32-18-24(17-26(20-35)33(37)36-28-12-8-7-11-27(28)34)13-15-30(32)41-22-25-14-16-29(31(19-25)38-2)40-21-23-9-5-4-6-10-23/h4-19H,3,21-22H2,1-2H3,(H,36,37)/b26-17+. The second kappa shape index (κ2) is 14.5. The smallest absolute Gasteiger partial charge is 0.266 e. The number of amides is 1. The summed E-state index contributed by atoms with van der Waals surface area (Å²) in [5, 5.41) is 12.7. The first-order chi connectivity index (χ1) is 20.0. The molecule has 0 saturated heterocycles. The normalized spacial score (nSPS) is 10.8. The highest BCUT2D eigenvalue weighted by atomic mass is 35.5. The molecule has 0 heterocycles. The van der Waals surface area contributed by atoms with Crippen molar-refractivity contribution in [1.82, 2.24) is 0 Å². The van der Waals surface area contributed by atoms with E-state index in [1.54, 1.807) is 49.6 Å². The number of rotatable bonds is 12. The fraction of sp³-hybridized carbons (Fsp3) is 0.152. The fourth-order valence-electron chi connectivity index (χ4n) is 3.89. The summed E-state index contributed by atoms with van der Waals surface area (Å²) < 4.78 is 23.3. The van der Waals surface area contributed by atoms with Crippen LogP contribution in [0.3, 0.4) is 0 Å². The predicted octanol–water partition coefficient (Wildman–Crippen LogP) is 7.45. The first-order valence-corrected chi connectivity index (χ1v) is 13.3. The van der Waals surface area contributed by atoms with Crippen molar-refractivity contribution in [2.75, 3.05) is 19.0 Å². The summed E-state index contributed by atoms with van der Waals surface area (Å²) in [5.74, 6) is 1.68. The van der Waals surface area contributed by atoms with Crippen molar-refractivity contribution in [3.8, 4) is 29.1 Å². The van der Waals surface area contributed by atoms with Crippen LogP contribution >= 0.6 is 11.6 Å². The maximum absolute atomic E-state index is 12.7. The number of para-hydroxylation sites is 1. The van der Waals surface area contributed by atoms with Gasteiger partial charge in [0.15, 0.2) is 23.0 Å². The number of hydrogen-bond donors (Lipinski definition) is 1. The van der Waals surface area contributed by atoms with E-state index in [4.69, 9.17) is 30.5 Å². The lowest BCUT2D eigenvalue weighted by atomic mass is 10.1. The fourth-order valence-corrected chi connectivity index (χ4v) is 4.07. The molecule has 0 atom stereocenters. The predicted molar refractivity (Wildman–Crippen MR) is 159 cm³/mol. The molecule has 8 heteroatoms. The van der Waals surface area contributed by atoms with Crippen LogP contribution in [-0.4, -0.2) is 19.6 Å². The van der Waals surface area contributed by atoms with Crippen molar-refractivity contribution in [1.29, 1.82) is 5.26 Å². The number of hydrogen-bond acceptors (Lipinski definition) is 6. The molecule has 4 aromatic rings. The van der Waals surface area contributed by atoms with Crippen LogP contribution in [0.5, 0.6) is 23.0 Å². The van der Waals surface area contributed by atoms with E-state index < -0.39 is 5.91 Å². The minimum Gasteiger partial charge on any atom is -0.493 e. The summed E-state index contributed by atoms with van der Waals surface area (Å²) in [6.07, 6.45) is 1.48. The Morgan fingerprint density at radius 2 is 1.51 bits per heavy atom. The zero-order valence-corrected chi connectivity index (χ0v) is 23.5. The second-order valence-electron chi connectivity index (χ2n) is 8.79. The molecule has 0 aliphatic heterocycles. The van der Waals surface area contributed by atoms with Crippen molar-refractivity contribution in [3.63, 3.8) is 0 Å². The van der Waals surface area contributed by atoms with Crippen LogP contribution in [-0.2, 0) is 18.0 Å². The molecule has 0 bridgehead atoms. The zero-order chi connectivity index (χ0) is 29.0. The molecule has 208 valence electrons. The maximum atomic E-state index is 12.7. The molecular formula is C33H29ClN2O5. The number of halogens is 1. The van der Waals surface area contributed by atoms with E-state index in [2.05, 4.69) is 5.32 Å². The van der Waals surface area contributed by atoms with Crippen molar-refractivity contribution in [2.24, 2.45) is 0 Å². The number of nitrogens with zero attached hydrogens (tertiary/aromatic N) is 1. The average molecular weight is 569 g/mol. The van der Waals surface area contributed by atoms with Gasteiger partial charge in [-0.1, -0.05) is 66.2 Å². The van der Waals surface area contributed by atoms with Gasteiger partial charge in [0.1, 0.15) is 24.9 Å². The van der Waals surface area contributed by atoms with Gasteiger partial charge in [-0.15, -0.1) is 0 Å². The van der Waals surface area contributed by atoms with Crippen LogP contribution < -0.4 is 24.3 Å². The lowest BCUT2D eigenvalue weighted by Crippen LogP contribution is -2.13. The molecule has 0 radical (unpaired) electrons. The highest BCUT2D eigenvalue weighted by molar-refractivity contribution is 6.34. The lowest BCUT2D eigenvalue weighted by Gasteiger charge is -2.15. The molecule has 0 saturated carbocycles. The molecule has 0 aromatic heterocycles. The Labute approximate surface area is 244 Å². The van der Waals surface area contributed by atoms with Gasteiger partial charge >= 0.3 is 0 Å². The minimum absolute atomic E-state index is 0.0808. The Morgan fingerprint density at radius 1 is 0.829 bits per heavy atom. The van der Waals surface area contributed by atoms with Gasteiger partial charge in [-0.3, -0.25) is 4.79 Å². The van der Waals surface area contributed by atoms with Gasteiger partial charge in [0, 0.05) is 0 Å². The summed E-state index contributed by atoms with van der Waals surface area (Å²) in [6.45, 7) is 2.96. The number of benzene rings is 4. The van der Waals surface area contributed by atoms with Gasteiger partial charge < -0.3 is 24.3 Å². The number of nitriles is 1. The summed E-state index contributed by atoms with van der Waals surface area (Å²) in [5.41, 5.74) is 2.89. The van der Waals surface area contributed by atoms with E-state index in [1.807, 2.05) is 61.5 Å². The quantitative estimate of drug-likeness (QED) is 0.141. The summed E-state index contributed by atoms with van der Waals surface area (Å²) in [6, 6.07) is 29.5. The highest BCUT2D eigenvalue weighted by Gasteiger charge is 2.13. The van der Waals surface area contributed by atoms with E-state index in [1.165, 1.54) is 6.08 Å². The van der Waals surface area contributed by atoms with E-state index >= 15 is 0 Å². The van der Waals surface area contributed by atoms with Gasteiger partial charge in [0.2, 0.25) is 0 Å². The largest absolute Gasteiger partial charge is 0.493 e. The number of ether oxygens (including phenoxy) is 4. The van der Waals surface area contributed by atoms with Gasteiger partial charge in [-0.25, -0.2) is 0 Å².